The molecule has 1 aromatic rings. The zero-order valence-corrected chi connectivity index (χ0v) is 11.5. The van der Waals surface area contributed by atoms with Gasteiger partial charge in [0.25, 0.3) is 0 Å². The molecule has 19 heavy (non-hydrogen) atoms. The summed E-state index contributed by atoms with van der Waals surface area (Å²) in [5, 5.41) is 6.27. The van der Waals surface area contributed by atoms with Gasteiger partial charge in [-0.25, -0.2) is 0 Å². The van der Waals surface area contributed by atoms with Crippen molar-refractivity contribution in [2.75, 3.05) is 26.8 Å². The van der Waals surface area contributed by atoms with Gasteiger partial charge in [-0.05, 0) is 24.7 Å². The first kappa shape index (κ1) is 14.0. The topological polar surface area (TPSA) is 59.6 Å². The molecule has 1 aromatic carbocycles. The van der Waals surface area contributed by atoms with Crippen LogP contribution in [0.3, 0.4) is 0 Å². The van der Waals surface area contributed by atoms with Crippen LogP contribution in [0.4, 0.5) is 0 Å². The third kappa shape index (κ3) is 3.75. The number of rotatable bonds is 5. The van der Waals surface area contributed by atoms with E-state index in [0.717, 1.165) is 5.56 Å². The molecule has 0 fully saturated rings. The predicted octanol–water partition coefficient (Wildman–Crippen LogP) is 1.34. The molecule has 1 heterocycles. The van der Waals surface area contributed by atoms with E-state index in [1.165, 1.54) is 0 Å². The van der Waals surface area contributed by atoms with E-state index in [4.69, 9.17) is 21.1 Å². The van der Waals surface area contributed by atoms with Crippen LogP contribution in [-0.4, -0.2) is 32.7 Å². The number of halogens is 1. The quantitative estimate of drug-likeness (QED) is 0.857. The van der Waals surface area contributed by atoms with Crippen molar-refractivity contribution < 1.29 is 14.3 Å². The summed E-state index contributed by atoms with van der Waals surface area (Å²) < 4.78 is 10.9. The molecule has 0 atom stereocenters. The van der Waals surface area contributed by atoms with Gasteiger partial charge in [-0.2, -0.15) is 0 Å². The number of carbonyl (C=O) groups excluding carboxylic acids is 1. The zero-order valence-electron chi connectivity index (χ0n) is 10.8. The van der Waals surface area contributed by atoms with Crippen LogP contribution >= 0.6 is 11.6 Å². The minimum atomic E-state index is 0.000335. The summed E-state index contributed by atoms with van der Waals surface area (Å²) >= 11 is 6.12. The first-order valence-corrected chi connectivity index (χ1v) is 6.58. The van der Waals surface area contributed by atoms with E-state index >= 15 is 0 Å². The van der Waals surface area contributed by atoms with Gasteiger partial charge in [0, 0.05) is 19.5 Å². The molecule has 0 unspecified atom stereocenters. The second-order valence-electron chi connectivity index (χ2n) is 4.23. The molecule has 0 radical (unpaired) electrons. The van der Waals surface area contributed by atoms with Gasteiger partial charge in [-0.15, -0.1) is 0 Å². The molecule has 1 aliphatic heterocycles. The van der Waals surface area contributed by atoms with E-state index in [0.29, 0.717) is 49.2 Å². The average molecular weight is 285 g/mol. The first-order chi connectivity index (χ1) is 9.20. The molecule has 0 bridgehead atoms. The van der Waals surface area contributed by atoms with Crippen molar-refractivity contribution in [3.8, 4) is 11.5 Å². The highest BCUT2D eigenvalue weighted by Crippen LogP contribution is 2.38. The Morgan fingerprint density at radius 3 is 2.95 bits per heavy atom. The number of fused-ring (bicyclic) bond motifs is 1. The van der Waals surface area contributed by atoms with E-state index in [-0.39, 0.29) is 5.91 Å². The molecule has 0 aromatic heterocycles. The van der Waals surface area contributed by atoms with Crippen LogP contribution in [0, 0.1) is 0 Å². The molecule has 1 amide bonds. The highest BCUT2D eigenvalue weighted by Gasteiger charge is 2.16. The Hall–Kier alpha value is -1.46. The number of carbonyl (C=O) groups is 1. The molecule has 6 heteroatoms. The van der Waals surface area contributed by atoms with Crippen molar-refractivity contribution in [2.24, 2.45) is 0 Å². The fourth-order valence-corrected chi connectivity index (χ4v) is 2.08. The molecule has 0 aliphatic carbocycles. The number of amides is 1. The molecule has 0 saturated heterocycles. The maximum Gasteiger partial charge on any atom is 0.221 e. The van der Waals surface area contributed by atoms with E-state index in [1.54, 1.807) is 6.07 Å². The second kappa shape index (κ2) is 6.63. The summed E-state index contributed by atoms with van der Waals surface area (Å²) in [4.78, 5) is 11.5. The molecule has 0 spiro atoms. The smallest absolute Gasteiger partial charge is 0.221 e. The molecule has 0 saturated carbocycles. The lowest BCUT2D eigenvalue weighted by Gasteiger charge is -2.20. The molecule has 1 aliphatic rings. The minimum absolute atomic E-state index is 0.000335. The maximum absolute atomic E-state index is 11.5. The van der Waals surface area contributed by atoms with Crippen LogP contribution in [0.15, 0.2) is 12.1 Å². The summed E-state index contributed by atoms with van der Waals surface area (Å²) in [6.07, 6.45) is 0.453. The lowest BCUT2D eigenvalue weighted by atomic mass is 10.2. The molecule has 5 nitrogen and oxygen atoms in total. The highest BCUT2D eigenvalue weighted by molar-refractivity contribution is 6.32. The Labute approximate surface area is 117 Å². The third-order valence-corrected chi connectivity index (χ3v) is 3.03. The second-order valence-corrected chi connectivity index (χ2v) is 4.64. The van der Waals surface area contributed by atoms with Crippen LogP contribution in [0.1, 0.15) is 12.0 Å². The van der Waals surface area contributed by atoms with Crippen LogP contribution in [0.2, 0.25) is 5.02 Å². The van der Waals surface area contributed by atoms with Gasteiger partial charge < -0.3 is 20.1 Å². The average Bonchev–Trinajstić information content (AvgIpc) is 2.43. The van der Waals surface area contributed by atoms with Crippen LogP contribution in [0.25, 0.3) is 0 Å². The molecular weight excluding hydrogens is 268 g/mol. The molecule has 2 rings (SSSR count). The summed E-state index contributed by atoms with van der Waals surface area (Å²) in [5.74, 6) is 1.22. The van der Waals surface area contributed by atoms with Crippen molar-refractivity contribution in [3.05, 3.63) is 22.7 Å². The lowest BCUT2D eigenvalue weighted by Crippen LogP contribution is -2.26. The van der Waals surface area contributed by atoms with Crippen LogP contribution < -0.4 is 20.1 Å². The minimum Gasteiger partial charge on any atom is -0.486 e. The summed E-state index contributed by atoms with van der Waals surface area (Å²) in [5.41, 5.74) is 0.895. The van der Waals surface area contributed by atoms with Crippen molar-refractivity contribution in [1.29, 1.82) is 0 Å². The Morgan fingerprint density at radius 1 is 1.37 bits per heavy atom. The number of benzene rings is 1. The van der Waals surface area contributed by atoms with Crippen LogP contribution in [-0.2, 0) is 11.3 Å². The SMILES string of the molecule is CNCCC(=O)NCc1cc(Cl)c2c(c1)OCCO2. The first-order valence-electron chi connectivity index (χ1n) is 6.20. The maximum atomic E-state index is 11.5. The number of nitrogens with one attached hydrogen (secondary N) is 2. The normalized spacial score (nSPS) is 13.2. The standard InChI is InChI=1S/C13H17ClN2O3/c1-15-3-2-12(17)16-8-9-6-10(14)13-11(7-9)18-4-5-19-13/h6-7,15H,2-5,8H2,1H3,(H,16,17). The third-order valence-electron chi connectivity index (χ3n) is 2.75. The molecule has 2 N–H and O–H groups in total. The summed E-state index contributed by atoms with van der Waals surface area (Å²) in [6.45, 7) is 2.11. The van der Waals surface area contributed by atoms with Crippen molar-refractivity contribution in [3.63, 3.8) is 0 Å². The van der Waals surface area contributed by atoms with Crippen LogP contribution in [0.5, 0.6) is 11.5 Å². The van der Waals surface area contributed by atoms with Crippen molar-refractivity contribution in [1.82, 2.24) is 10.6 Å². The fourth-order valence-electron chi connectivity index (χ4n) is 1.79. The van der Waals surface area contributed by atoms with E-state index in [2.05, 4.69) is 10.6 Å². The van der Waals surface area contributed by atoms with Crippen molar-refractivity contribution in [2.45, 2.75) is 13.0 Å². The van der Waals surface area contributed by atoms with Gasteiger partial charge in [0.05, 0.1) is 5.02 Å². The summed E-state index contributed by atoms with van der Waals surface area (Å²) in [6, 6.07) is 3.63. The van der Waals surface area contributed by atoms with Gasteiger partial charge in [0.15, 0.2) is 11.5 Å². The fraction of sp³-hybridized carbons (Fsp3) is 0.462. The lowest BCUT2D eigenvalue weighted by molar-refractivity contribution is -0.121. The monoisotopic (exact) mass is 284 g/mol. The van der Waals surface area contributed by atoms with Gasteiger partial charge in [0.1, 0.15) is 13.2 Å². The summed E-state index contributed by atoms with van der Waals surface area (Å²) in [7, 11) is 1.81. The molecular formula is C13H17ClN2O3. The van der Waals surface area contributed by atoms with E-state index in [1.807, 2.05) is 13.1 Å². The predicted molar refractivity (Wildman–Crippen MR) is 72.8 cm³/mol. The van der Waals surface area contributed by atoms with E-state index < -0.39 is 0 Å². The Morgan fingerprint density at radius 2 is 2.16 bits per heavy atom. The molecule has 104 valence electrons. The van der Waals surface area contributed by atoms with Gasteiger partial charge >= 0.3 is 0 Å². The Balaban J connectivity index is 1.97. The van der Waals surface area contributed by atoms with E-state index in [9.17, 15) is 4.79 Å². The van der Waals surface area contributed by atoms with Crippen molar-refractivity contribution >= 4 is 17.5 Å². The van der Waals surface area contributed by atoms with Gasteiger partial charge in [0.2, 0.25) is 5.91 Å². The number of hydrogen-bond acceptors (Lipinski definition) is 4. The zero-order chi connectivity index (χ0) is 13.7. The number of ether oxygens (including phenoxy) is 2. The Kier molecular flexibility index (Phi) is 4.87. The highest BCUT2D eigenvalue weighted by atomic mass is 35.5. The largest absolute Gasteiger partial charge is 0.486 e. The Bertz CT molecular complexity index is 465. The van der Waals surface area contributed by atoms with Gasteiger partial charge in [-0.1, -0.05) is 11.6 Å². The van der Waals surface area contributed by atoms with Gasteiger partial charge in [-0.3, -0.25) is 4.79 Å². The number of hydrogen-bond donors (Lipinski definition) is 2.